The number of carbonyl (C=O) groups excluding carboxylic acids is 1. The summed E-state index contributed by atoms with van der Waals surface area (Å²) in [5.41, 5.74) is 0.215. The van der Waals surface area contributed by atoms with Gasteiger partial charge in [-0.05, 0) is 47.9 Å². The lowest BCUT2D eigenvalue weighted by Crippen LogP contribution is -2.28. The highest BCUT2D eigenvalue weighted by atomic mass is 16.6. The first kappa shape index (κ1) is 15.5. The summed E-state index contributed by atoms with van der Waals surface area (Å²) in [6.07, 6.45) is 1.83. The summed E-state index contributed by atoms with van der Waals surface area (Å²) in [4.78, 5) is 12.9. The van der Waals surface area contributed by atoms with Crippen molar-refractivity contribution in [3.63, 3.8) is 0 Å². The van der Waals surface area contributed by atoms with Crippen molar-refractivity contribution in [2.45, 2.75) is 39.2 Å². The summed E-state index contributed by atoms with van der Waals surface area (Å²) in [6, 6.07) is 18.1. The average molecular weight is 306 g/mol. The molecule has 0 saturated heterocycles. The molecule has 118 valence electrons. The molecule has 0 fully saturated rings. The van der Waals surface area contributed by atoms with Crippen LogP contribution in [0.3, 0.4) is 0 Å². The van der Waals surface area contributed by atoms with Crippen molar-refractivity contribution in [1.29, 1.82) is 0 Å². The van der Waals surface area contributed by atoms with Crippen molar-refractivity contribution in [1.82, 2.24) is 0 Å². The summed E-state index contributed by atoms with van der Waals surface area (Å²) >= 11 is 0. The standard InChI is InChI=1S/C21H22O2/c1-4-13-21(2,3)23-20(22)19-17-11-7-5-9-15(17)14-16-10-6-8-12-18(16)19/h5-12,14H,4,13H2,1-3H3. The van der Waals surface area contributed by atoms with E-state index >= 15 is 0 Å². The van der Waals surface area contributed by atoms with Gasteiger partial charge in [0.25, 0.3) is 0 Å². The van der Waals surface area contributed by atoms with Crippen molar-refractivity contribution in [2.75, 3.05) is 0 Å². The fourth-order valence-corrected chi connectivity index (χ4v) is 3.19. The Morgan fingerprint density at radius 2 is 1.48 bits per heavy atom. The summed E-state index contributed by atoms with van der Waals surface area (Å²) in [5, 5.41) is 4.02. The molecular weight excluding hydrogens is 284 g/mol. The van der Waals surface area contributed by atoms with E-state index in [9.17, 15) is 4.79 Å². The van der Waals surface area contributed by atoms with Gasteiger partial charge in [-0.3, -0.25) is 0 Å². The molecule has 3 aromatic carbocycles. The average Bonchev–Trinajstić information content (AvgIpc) is 2.51. The molecule has 0 saturated carbocycles. The van der Waals surface area contributed by atoms with Gasteiger partial charge in [-0.25, -0.2) is 4.79 Å². The van der Waals surface area contributed by atoms with Crippen molar-refractivity contribution in [3.8, 4) is 0 Å². The van der Waals surface area contributed by atoms with Crippen LogP contribution in [-0.4, -0.2) is 11.6 Å². The van der Waals surface area contributed by atoms with Crippen LogP contribution in [0.2, 0.25) is 0 Å². The molecule has 3 rings (SSSR count). The fraction of sp³-hybridized carbons (Fsp3) is 0.286. The molecule has 3 aromatic rings. The van der Waals surface area contributed by atoms with Crippen LogP contribution in [0, 0.1) is 0 Å². The molecule has 0 aliphatic heterocycles. The molecule has 0 amide bonds. The minimum absolute atomic E-state index is 0.239. The molecule has 0 aliphatic rings. The normalized spacial score (nSPS) is 11.8. The molecule has 23 heavy (non-hydrogen) atoms. The largest absolute Gasteiger partial charge is 0.456 e. The van der Waals surface area contributed by atoms with E-state index in [2.05, 4.69) is 13.0 Å². The molecule has 0 heterocycles. The molecule has 0 spiro atoms. The number of hydrogen-bond acceptors (Lipinski definition) is 2. The van der Waals surface area contributed by atoms with Crippen molar-refractivity contribution < 1.29 is 9.53 Å². The topological polar surface area (TPSA) is 26.3 Å². The second-order valence-electron chi connectivity index (χ2n) is 6.59. The predicted octanol–water partition coefficient (Wildman–Crippen LogP) is 5.73. The number of esters is 1. The zero-order chi connectivity index (χ0) is 16.4. The highest BCUT2D eigenvalue weighted by Crippen LogP contribution is 2.30. The van der Waals surface area contributed by atoms with Crippen molar-refractivity contribution in [3.05, 3.63) is 60.2 Å². The molecule has 0 aliphatic carbocycles. The van der Waals surface area contributed by atoms with Gasteiger partial charge in [0.2, 0.25) is 0 Å². The van der Waals surface area contributed by atoms with Gasteiger partial charge in [0.05, 0.1) is 5.56 Å². The lowest BCUT2D eigenvalue weighted by molar-refractivity contribution is -0.00428. The molecule has 0 atom stereocenters. The van der Waals surface area contributed by atoms with E-state index in [0.717, 1.165) is 34.4 Å². The van der Waals surface area contributed by atoms with Crippen molar-refractivity contribution in [2.24, 2.45) is 0 Å². The molecule has 0 aromatic heterocycles. The van der Waals surface area contributed by atoms with Crippen LogP contribution in [-0.2, 0) is 4.74 Å². The Bertz CT molecular complexity index is 808. The highest BCUT2D eigenvalue weighted by Gasteiger charge is 2.25. The highest BCUT2D eigenvalue weighted by molar-refractivity contribution is 6.16. The van der Waals surface area contributed by atoms with Crippen LogP contribution >= 0.6 is 0 Å². The first-order chi connectivity index (χ1) is 11.0. The van der Waals surface area contributed by atoms with Gasteiger partial charge in [0.1, 0.15) is 5.60 Å². The molecule has 0 bridgehead atoms. The van der Waals surface area contributed by atoms with E-state index in [1.54, 1.807) is 0 Å². The molecule has 2 heteroatoms. The van der Waals surface area contributed by atoms with Gasteiger partial charge in [0, 0.05) is 0 Å². The quantitative estimate of drug-likeness (QED) is 0.454. The Morgan fingerprint density at radius 1 is 0.957 bits per heavy atom. The van der Waals surface area contributed by atoms with Gasteiger partial charge in [-0.1, -0.05) is 61.9 Å². The maximum Gasteiger partial charge on any atom is 0.339 e. The SMILES string of the molecule is CCCC(C)(C)OC(=O)c1c2ccccc2cc2ccccc12. The lowest BCUT2D eigenvalue weighted by Gasteiger charge is -2.25. The Morgan fingerprint density at radius 3 is 2.00 bits per heavy atom. The zero-order valence-corrected chi connectivity index (χ0v) is 13.9. The summed E-state index contributed by atoms with van der Waals surface area (Å²) in [6.45, 7) is 6.05. The van der Waals surface area contributed by atoms with Gasteiger partial charge in [-0.15, -0.1) is 0 Å². The van der Waals surface area contributed by atoms with Gasteiger partial charge < -0.3 is 4.74 Å². The summed E-state index contributed by atoms with van der Waals surface area (Å²) in [7, 11) is 0. The first-order valence-corrected chi connectivity index (χ1v) is 8.16. The zero-order valence-electron chi connectivity index (χ0n) is 13.9. The fourth-order valence-electron chi connectivity index (χ4n) is 3.19. The second-order valence-corrected chi connectivity index (χ2v) is 6.59. The van der Waals surface area contributed by atoms with Crippen LogP contribution in [0.15, 0.2) is 54.6 Å². The Balaban J connectivity index is 2.19. The van der Waals surface area contributed by atoms with Gasteiger partial charge >= 0.3 is 5.97 Å². The smallest absolute Gasteiger partial charge is 0.339 e. The van der Waals surface area contributed by atoms with E-state index in [1.165, 1.54) is 0 Å². The van der Waals surface area contributed by atoms with Crippen molar-refractivity contribution >= 4 is 27.5 Å². The van der Waals surface area contributed by atoms with Crippen LogP contribution in [0.1, 0.15) is 44.0 Å². The van der Waals surface area contributed by atoms with E-state index < -0.39 is 5.60 Å². The molecule has 0 radical (unpaired) electrons. The summed E-state index contributed by atoms with van der Waals surface area (Å²) < 4.78 is 5.84. The van der Waals surface area contributed by atoms with Crippen LogP contribution < -0.4 is 0 Å². The maximum atomic E-state index is 12.9. The number of benzene rings is 3. The van der Waals surface area contributed by atoms with E-state index in [0.29, 0.717) is 5.56 Å². The maximum absolute atomic E-state index is 12.9. The van der Waals surface area contributed by atoms with Crippen LogP contribution in [0.5, 0.6) is 0 Å². The third kappa shape index (κ3) is 3.07. The minimum atomic E-state index is -0.454. The third-order valence-electron chi connectivity index (χ3n) is 4.20. The second kappa shape index (κ2) is 6.04. The Hall–Kier alpha value is -2.35. The van der Waals surface area contributed by atoms with E-state index in [-0.39, 0.29) is 5.97 Å². The molecule has 0 unspecified atom stereocenters. The molecular formula is C21H22O2. The number of fused-ring (bicyclic) bond motifs is 2. The van der Waals surface area contributed by atoms with Gasteiger partial charge in [0.15, 0.2) is 0 Å². The van der Waals surface area contributed by atoms with Crippen LogP contribution in [0.4, 0.5) is 0 Å². The molecule has 2 nitrogen and oxygen atoms in total. The monoisotopic (exact) mass is 306 g/mol. The number of ether oxygens (including phenoxy) is 1. The predicted molar refractivity (Wildman–Crippen MR) is 95.9 cm³/mol. The summed E-state index contributed by atoms with van der Waals surface area (Å²) in [5.74, 6) is -0.239. The van der Waals surface area contributed by atoms with E-state index in [1.807, 2.05) is 62.4 Å². The Kier molecular flexibility index (Phi) is 4.08. The number of rotatable bonds is 4. The minimum Gasteiger partial charge on any atom is -0.456 e. The first-order valence-electron chi connectivity index (χ1n) is 8.16. The Labute approximate surface area is 137 Å². The van der Waals surface area contributed by atoms with E-state index in [4.69, 9.17) is 4.74 Å². The van der Waals surface area contributed by atoms with Gasteiger partial charge in [-0.2, -0.15) is 0 Å². The lowest BCUT2D eigenvalue weighted by atomic mass is 9.96. The van der Waals surface area contributed by atoms with Crippen LogP contribution in [0.25, 0.3) is 21.5 Å². The third-order valence-corrected chi connectivity index (χ3v) is 4.20. The number of carbonyl (C=O) groups is 1. The molecule has 0 N–H and O–H groups in total. The number of hydrogen-bond donors (Lipinski definition) is 0.